The number of nitrogens with zero attached hydrogens (tertiary/aromatic N) is 1. The molecule has 1 aromatic carbocycles. The SMILES string of the molecule is O=C(C1NNC2CCNCC21)N1CCc2ccc(F)cc2C1. The van der Waals surface area contributed by atoms with Crippen molar-refractivity contribution in [1.29, 1.82) is 0 Å². The topological polar surface area (TPSA) is 56.4 Å². The van der Waals surface area contributed by atoms with Gasteiger partial charge in [0.25, 0.3) is 0 Å². The molecule has 2 fully saturated rings. The van der Waals surface area contributed by atoms with Gasteiger partial charge < -0.3 is 10.2 Å². The number of carbonyl (C=O) groups is 1. The van der Waals surface area contributed by atoms with Crippen LogP contribution in [0.15, 0.2) is 18.2 Å². The molecule has 2 saturated heterocycles. The standard InChI is InChI=1S/C16H21FN4O/c17-12-2-1-10-4-6-21(9-11(10)7-12)16(22)15-13-8-18-5-3-14(13)19-20-15/h1-2,7,13-15,18-20H,3-6,8-9H2. The Morgan fingerprint density at radius 3 is 3.09 bits per heavy atom. The molecule has 0 aliphatic carbocycles. The Bertz CT molecular complexity index is 594. The maximum atomic E-state index is 13.4. The highest BCUT2D eigenvalue weighted by Crippen LogP contribution is 2.25. The van der Waals surface area contributed by atoms with Crippen LogP contribution in [0, 0.1) is 11.7 Å². The summed E-state index contributed by atoms with van der Waals surface area (Å²) in [6.45, 7) is 3.07. The van der Waals surface area contributed by atoms with Crippen molar-refractivity contribution >= 4 is 5.91 Å². The van der Waals surface area contributed by atoms with Gasteiger partial charge in [-0.3, -0.25) is 10.2 Å². The second-order valence-corrected chi connectivity index (χ2v) is 6.45. The van der Waals surface area contributed by atoms with Gasteiger partial charge in [-0.05, 0) is 42.6 Å². The maximum Gasteiger partial charge on any atom is 0.241 e. The maximum absolute atomic E-state index is 13.4. The third kappa shape index (κ3) is 2.41. The number of hydrogen-bond donors (Lipinski definition) is 3. The second kappa shape index (κ2) is 5.61. The summed E-state index contributed by atoms with van der Waals surface area (Å²) < 4.78 is 13.4. The fraction of sp³-hybridized carbons (Fsp3) is 0.562. The van der Waals surface area contributed by atoms with E-state index in [1.54, 1.807) is 6.07 Å². The lowest BCUT2D eigenvalue weighted by atomic mass is 9.88. The van der Waals surface area contributed by atoms with Gasteiger partial charge in [0.15, 0.2) is 0 Å². The molecule has 3 aliphatic heterocycles. The summed E-state index contributed by atoms with van der Waals surface area (Å²) >= 11 is 0. The van der Waals surface area contributed by atoms with E-state index in [2.05, 4.69) is 16.2 Å². The molecule has 4 rings (SSSR count). The average Bonchev–Trinajstić information content (AvgIpc) is 2.97. The molecule has 0 aromatic heterocycles. The number of amides is 1. The summed E-state index contributed by atoms with van der Waals surface area (Å²) in [6, 6.07) is 5.07. The van der Waals surface area contributed by atoms with Crippen LogP contribution in [0.5, 0.6) is 0 Å². The molecule has 3 atom stereocenters. The third-order valence-electron chi connectivity index (χ3n) is 5.14. The summed E-state index contributed by atoms with van der Waals surface area (Å²) in [5.41, 5.74) is 8.52. The molecule has 3 heterocycles. The number of halogens is 1. The van der Waals surface area contributed by atoms with Gasteiger partial charge in [-0.1, -0.05) is 6.07 Å². The first kappa shape index (κ1) is 14.1. The zero-order valence-corrected chi connectivity index (χ0v) is 12.4. The molecule has 3 aliphatic rings. The first-order chi connectivity index (χ1) is 10.7. The fourth-order valence-corrected chi connectivity index (χ4v) is 3.87. The van der Waals surface area contributed by atoms with Gasteiger partial charge in [0, 0.05) is 31.6 Å². The molecule has 0 bridgehead atoms. The highest BCUT2D eigenvalue weighted by molar-refractivity contribution is 5.83. The zero-order chi connectivity index (χ0) is 15.1. The Balaban J connectivity index is 1.49. The van der Waals surface area contributed by atoms with E-state index >= 15 is 0 Å². The minimum absolute atomic E-state index is 0.124. The van der Waals surface area contributed by atoms with E-state index < -0.39 is 0 Å². The lowest BCUT2D eigenvalue weighted by molar-refractivity contribution is -0.135. The van der Waals surface area contributed by atoms with E-state index in [0.717, 1.165) is 37.1 Å². The molecule has 5 nitrogen and oxygen atoms in total. The summed E-state index contributed by atoms with van der Waals surface area (Å²) in [5.74, 6) is 0.180. The number of benzene rings is 1. The Kier molecular flexibility index (Phi) is 3.60. The number of carbonyl (C=O) groups excluding carboxylic acids is 1. The minimum Gasteiger partial charge on any atom is -0.337 e. The van der Waals surface area contributed by atoms with Gasteiger partial charge in [-0.15, -0.1) is 0 Å². The van der Waals surface area contributed by atoms with Crippen LogP contribution in [0.3, 0.4) is 0 Å². The van der Waals surface area contributed by atoms with Crippen molar-refractivity contribution in [3.8, 4) is 0 Å². The number of rotatable bonds is 1. The first-order valence-corrected chi connectivity index (χ1v) is 8.00. The van der Waals surface area contributed by atoms with Gasteiger partial charge in [-0.25, -0.2) is 9.82 Å². The van der Waals surface area contributed by atoms with E-state index in [1.807, 2.05) is 11.0 Å². The molecule has 0 radical (unpaired) electrons. The number of nitrogens with one attached hydrogen (secondary N) is 3. The summed E-state index contributed by atoms with van der Waals surface area (Å²) in [7, 11) is 0. The zero-order valence-electron chi connectivity index (χ0n) is 12.4. The van der Waals surface area contributed by atoms with E-state index in [1.165, 1.54) is 6.07 Å². The van der Waals surface area contributed by atoms with Gasteiger partial charge in [0.1, 0.15) is 11.9 Å². The number of hydrogen-bond acceptors (Lipinski definition) is 4. The van der Waals surface area contributed by atoms with Crippen LogP contribution in [0.25, 0.3) is 0 Å². The van der Waals surface area contributed by atoms with Gasteiger partial charge in [-0.2, -0.15) is 0 Å². The third-order valence-corrected chi connectivity index (χ3v) is 5.14. The van der Waals surface area contributed by atoms with Crippen LogP contribution in [-0.4, -0.2) is 42.5 Å². The molecule has 1 aromatic rings. The lowest BCUT2D eigenvalue weighted by Crippen LogP contribution is -2.51. The van der Waals surface area contributed by atoms with Crippen molar-refractivity contribution in [3.05, 3.63) is 35.1 Å². The Labute approximate surface area is 129 Å². The summed E-state index contributed by atoms with van der Waals surface area (Å²) in [6.07, 6.45) is 1.84. The highest BCUT2D eigenvalue weighted by Gasteiger charge is 2.42. The minimum atomic E-state index is -0.231. The molecule has 0 spiro atoms. The van der Waals surface area contributed by atoms with Crippen molar-refractivity contribution in [2.45, 2.75) is 31.5 Å². The van der Waals surface area contributed by atoms with Crippen molar-refractivity contribution in [1.82, 2.24) is 21.1 Å². The smallest absolute Gasteiger partial charge is 0.241 e. The second-order valence-electron chi connectivity index (χ2n) is 6.45. The predicted molar refractivity (Wildman–Crippen MR) is 80.3 cm³/mol. The van der Waals surface area contributed by atoms with Crippen LogP contribution in [0.2, 0.25) is 0 Å². The van der Waals surface area contributed by atoms with Crippen LogP contribution in [-0.2, 0) is 17.8 Å². The molecule has 1 amide bonds. The van der Waals surface area contributed by atoms with Gasteiger partial charge in [0.2, 0.25) is 5.91 Å². The Morgan fingerprint density at radius 1 is 1.27 bits per heavy atom. The van der Waals surface area contributed by atoms with Gasteiger partial charge >= 0.3 is 0 Å². The largest absolute Gasteiger partial charge is 0.337 e. The van der Waals surface area contributed by atoms with E-state index in [9.17, 15) is 9.18 Å². The van der Waals surface area contributed by atoms with Crippen LogP contribution in [0.1, 0.15) is 17.5 Å². The van der Waals surface area contributed by atoms with E-state index in [4.69, 9.17) is 0 Å². The molecule has 0 saturated carbocycles. The molecule has 3 unspecified atom stereocenters. The average molecular weight is 304 g/mol. The van der Waals surface area contributed by atoms with Crippen molar-refractivity contribution < 1.29 is 9.18 Å². The van der Waals surface area contributed by atoms with Crippen LogP contribution < -0.4 is 16.2 Å². The van der Waals surface area contributed by atoms with Crippen molar-refractivity contribution in [2.75, 3.05) is 19.6 Å². The highest BCUT2D eigenvalue weighted by atomic mass is 19.1. The molecule has 3 N–H and O–H groups in total. The molecular formula is C16H21FN4O. The van der Waals surface area contributed by atoms with Crippen LogP contribution in [0.4, 0.5) is 4.39 Å². The van der Waals surface area contributed by atoms with Crippen LogP contribution >= 0.6 is 0 Å². The van der Waals surface area contributed by atoms with Crippen molar-refractivity contribution in [3.63, 3.8) is 0 Å². The molecule has 6 heteroatoms. The lowest BCUT2D eigenvalue weighted by Gasteiger charge is -2.33. The summed E-state index contributed by atoms with van der Waals surface area (Å²) in [5, 5.41) is 3.37. The molecule has 118 valence electrons. The number of fused-ring (bicyclic) bond motifs is 2. The quantitative estimate of drug-likeness (QED) is 0.692. The molecule has 22 heavy (non-hydrogen) atoms. The molecular weight excluding hydrogens is 283 g/mol. The Hall–Kier alpha value is -1.50. The number of hydrazine groups is 1. The normalized spacial score (nSPS) is 30.8. The Morgan fingerprint density at radius 2 is 2.18 bits per heavy atom. The summed E-state index contributed by atoms with van der Waals surface area (Å²) in [4.78, 5) is 14.7. The van der Waals surface area contributed by atoms with E-state index in [0.29, 0.717) is 19.1 Å². The first-order valence-electron chi connectivity index (χ1n) is 8.00. The monoisotopic (exact) mass is 304 g/mol. The van der Waals surface area contributed by atoms with E-state index in [-0.39, 0.29) is 23.7 Å². The number of piperidine rings is 1. The fourth-order valence-electron chi connectivity index (χ4n) is 3.87. The van der Waals surface area contributed by atoms with Gasteiger partial charge in [0.05, 0.1) is 0 Å². The van der Waals surface area contributed by atoms with Crippen molar-refractivity contribution in [2.24, 2.45) is 5.92 Å². The predicted octanol–water partition coefficient (Wildman–Crippen LogP) is 0.165.